The maximum absolute atomic E-state index is 12.4. The number of nitrogen functional groups attached to an aromatic ring is 1. The Morgan fingerprint density at radius 3 is 2.39 bits per heavy atom. The molecule has 0 aliphatic rings. The van der Waals surface area contributed by atoms with Crippen LogP contribution in [0, 0.1) is 6.92 Å². The topological polar surface area (TPSA) is 151 Å². The number of thioether (sulfide) groups is 1. The largest absolute Gasteiger partial charge is 0.462 e. The SMILES string of the molecule is CCOC(=O)c1cnc(SCC(=O)Nc2sc(C(C)=O)c(C)c2C(=O)OCC)nc1N. The van der Waals surface area contributed by atoms with Crippen LogP contribution in [0.15, 0.2) is 11.4 Å². The van der Waals surface area contributed by atoms with Crippen LogP contribution < -0.4 is 11.1 Å². The van der Waals surface area contributed by atoms with Crippen molar-refractivity contribution in [3.63, 3.8) is 0 Å². The van der Waals surface area contributed by atoms with E-state index >= 15 is 0 Å². The zero-order valence-electron chi connectivity index (χ0n) is 17.4. The highest BCUT2D eigenvalue weighted by atomic mass is 32.2. The van der Waals surface area contributed by atoms with Crippen LogP contribution in [-0.4, -0.2) is 52.6 Å². The summed E-state index contributed by atoms with van der Waals surface area (Å²) in [5, 5.41) is 3.08. The lowest BCUT2D eigenvalue weighted by Gasteiger charge is -2.08. The molecule has 31 heavy (non-hydrogen) atoms. The monoisotopic (exact) mass is 466 g/mol. The summed E-state index contributed by atoms with van der Waals surface area (Å²) >= 11 is 2.01. The number of rotatable bonds is 9. The standard InChI is InChI=1S/C19H22N4O6S2/c1-5-28-17(26)11-7-21-19(23-15(11)20)30-8-12(25)22-16-13(18(27)29-6-2)9(3)14(31-16)10(4)24/h7H,5-6,8H2,1-4H3,(H,22,25)(H2,20,21,23). The van der Waals surface area contributed by atoms with E-state index < -0.39 is 17.8 Å². The van der Waals surface area contributed by atoms with Crippen molar-refractivity contribution < 1.29 is 28.7 Å². The van der Waals surface area contributed by atoms with E-state index in [0.717, 1.165) is 23.1 Å². The highest BCUT2D eigenvalue weighted by molar-refractivity contribution is 7.99. The number of hydrogen-bond donors (Lipinski definition) is 2. The van der Waals surface area contributed by atoms with Crippen LogP contribution >= 0.6 is 23.1 Å². The Kier molecular flexibility index (Phi) is 8.51. The number of ketones is 1. The number of esters is 2. The molecule has 2 aromatic heterocycles. The van der Waals surface area contributed by atoms with Crippen molar-refractivity contribution in [1.29, 1.82) is 0 Å². The van der Waals surface area contributed by atoms with E-state index in [1.54, 1.807) is 20.8 Å². The van der Waals surface area contributed by atoms with Gasteiger partial charge in [-0.3, -0.25) is 9.59 Å². The summed E-state index contributed by atoms with van der Waals surface area (Å²) in [6.07, 6.45) is 1.24. The van der Waals surface area contributed by atoms with Gasteiger partial charge in [0.15, 0.2) is 10.9 Å². The number of hydrogen-bond acceptors (Lipinski definition) is 11. The van der Waals surface area contributed by atoms with Crippen molar-refractivity contribution in [3.8, 4) is 0 Å². The Labute approximate surface area is 186 Å². The molecule has 0 saturated carbocycles. The summed E-state index contributed by atoms with van der Waals surface area (Å²) < 4.78 is 9.90. The molecule has 0 aromatic carbocycles. The highest BCUT2D eigenvalue weighted by Crippen LogP contribution is 2.34. The molecule has 0 saturated heterocycles. The summed E-state index contributed by atoms with van der Waals surface area (Å²) in [7, 11) is 0. The first-order chi connectivity index (χ1) is 14.7. The number of nitrogens with one attached hydrogen (secondary N) is 1. The molecule has 0 atom stereocenters. The number of anilines is 2. The van der Waals surface area contributed by atoms with Gasteiger partial charge < -0.3 is 20.5 Å². The number of Topliss-reactive ketones (excluding diaryl/α,β-unsaturated/α-hetero) is 1. The number of amides is 1. The van der Waals surface area contributed by atoms with Gasteiger partial charge in [-0.05, 0) is 33.3 Å². The Bertz CT molecular complexity index is 1020. The number of ether oxygens (including phenoxy) is 2. The molecule has 0 fully saturated rings. The zero-order valence-corrected chi connectivity index (χ0v) is 19.1. The van der Waals surface area contributed by atoms with E-state index in [9.17, 15) is 19.2 Å². The quantitative estimate of drug-likeness (QED) is 0.244. The van der Waals surface area contributed by atoms with E-state index in [2.05, 4.69) is 15.3 Å². The first kappa shape index (κ1) is 24.3. The lowest BCUT2D eigenvalue weighted by molar-refractivity contribution is -0.113. The van der Waals surface area contributed by atoms with Crippen LogP contribution in [0.4, 0.5) is 10.8 Å². The van der Waals surface area contributed by atoms with Crippen LogP contribution in [-0.2, 0) is 14.3 Å². The fourth-order valence-corrected chi connectivity index (χ4v) is 4.22. The number of nitrogens with two attached hydrogens (primary N) is 1. The average molecular weight is 467 g/mol. The van der Waals surface area contributed by atoms with Crippen molar-refractivity contribution in [2.45, 2.75) is 32.9 Å². The number of thiophene rings is 1. The summed E-state index contributed by atoms with van der Waals surface area (Å²) in [5.41, 5.74) is 6.43. The van der Waals surface area contributed by atoms with Crippen molar-refractivity contribution >= 4 is 57.5 Å². The minimum Gasteiger partial charge on any atom is -0.462 e. The summed E-state index contributed by atoms with van der Waals surface area (Å²) in [5.74, 6) is -2.04. The molecule has 0 aliphatic carbocycles. The molecule has 2 heterocycles. The number of carbonyl (C=O) groups is 4. The molecule has 12 heteroatoms. The van der Waals surface area contributed by atoms with Crippen molar-refractivity contribution in [3.05, 3.63) is 27.8 Å². The third-order valence-electron chi connectivity index (χ3n) is 3.82. The number of carbonyl (C=O) groups excluding carboxylic acids is 4. The predicted molar refractivity (Wildman–Crippen MR) is 117 cm³/mol. The third-order valence-corrected chi connectivity index (χ3v) is 5.99. The Morgan fingerprint density at radius 2 is 1.81 bits per heavy atom. The molecule has 2 aromatic rings. The summed E-state index contributed by atoms with van der Waals surface area (Å²) in [6, 6.07) is 0. The smallest absolute Gasteiger partial charge is 0.343 e. The minimum atomic E-state index is -0.630. The van der Waals surface area contributed by atoms with Crippen LogP contribution in [0.3, 0.4) is 0 Å². The van der Waals surface area contributed by atoms with Crippen LogP contribution in [0.1, 0.15) is 56.7 Å². The van der Waals surface area contributed by atoms with Gasteiger partial charge in [0, 0.05) is 6.20 Å². The van der Waals surface area contributed by atoms with E-state index in [4.69, 9.17) is 15.2 Å². The second-order valence-electron chi connectivity index (χ2n) is 6.05. The van der Waals surface area contributed by atoms with E-state index in [1.165, 1.54) is 13.1 Å². The van der Waals surface area contributed by atoms with Crippen molar-refractivity contribution in [2.75, 3.05) is 30.0 Å². The molecule has 1 amide bonds. The predicted octanol–water partition coefficient (Wildman–Crippen LogP) is 2.72. The Morgan fingerprint density at radius 1 is 1.16 bits per heavy atom. The third kappa shape index (κ3) is 6.01. The first-order valence-electron chi connectivity index (χ1n) is 9.23. The molecule has 3 N–H and O–H groups in total. The number of aromatic nitrogens is 2. The Hall–Kier alpha value is -2.99. The molecule has 0 aliphatic heterocycles. The average Bonchev–Trinajstić information content (AvgIpc) is 3.02. The first-order valence-corrected chi connectivity index (χ1v) is 11.0. The molecular formula is C19H22N4O6S2. The van der Waals surface area contributed by atoms with E-state index in [1.807, 2.05) is 0 Å². The van der Waals surface area contributed by atoms with Gasteiger partial charge in [0.25, 0.3) is 0 Å². The Balaban J connectivity index is 2.12. The van der Waals surface area contributed by atoms with Gasteiger partial charge in [-0.1, -0.05) is 11.8 Å². The second-order valence-corrected chi connectivity index (χ2v) is 8.01. The second kappa shape index (κ2) is 10.9. The molecule has 166 valence electrons. The van der Waals surface area contributed by atoms with Gasteiger partial charge in [-0.25, -0.2) is 19.6 Å². The van der Waals surface area contributed by atoms with Gasteiger partial charge in [0.2, 0.25) is 5.91 Å². The van der Waals surface area contributed by atoms with Gasteiger partial charge in [-0.15, -0.1) is 11.3 Å². The van der Waals surface area contributed by atoms with Crippen LogP contribution in [0.5, 0.6) is 0 Å². The fraction of sp³-hybridized carbons (Fsp3) is 0.368. The van der Waals surface area contributed by atoms with E-state index in [0.29, 0.717) is 10.4 Å². The molecule has 0 unspecified atom stereocenters. The highest BCUT2D eigenvalue weighted by Gasteiger charge is 2.25. The maximum atomic E-state index is 12.4. The van der Waals surface area contributed by atoms with Crippen molar-refractivity contribution in [2.24, 2.45) is 0 Å². The zero-order chi connectivity index (χ0) is 23.1. The molecule has 0 spiro atoms. The normalized spacial score (nSPS) is 10.5. The van der Waals surface area contributed by atoms with Gasteiger partial charge in [-0.2, -0.15) is 0 Å². The molecule has 0 bridgehead atoms. The molecule has 2 rings (SSSR count). The summed E-state index contributed by atoms with van der Waals surface area (Å²) in [4.78, 5) is 56.7. The van der Waals surface area contributed by atoms with Gasteiger partial charge in [0.05, 0.1) is 29.4 Å². The molecular weight excluding hydrogens is 444 g/mol. The minimum absolute atomic E-state index is 0.0422. The lowest BCUT2D eigenvalue weighted by atomic mass is 10.1. The maximum Gasteiger partial charge on any atom is 0.343 e. The number of nitrogens with zero attached hydrogens (tertiary/aromatic N) is 2. The van der Waals surface area contributed by atoms with Gasteiger partial charge >= 0.3 is 11.9 Å². The van der Waals surface area contributed by atoms with Crippen LogP contribution in [0.25, 0.3) is 0 Å². The fourth-order valence-electron chi connectivity index (χ4n) is 2.49. The van der Waals surface area contributed by atoms with E-state index in [-0.39, 0.29) is 51.9 Å². The van der Waals surface area contributed by atoms with Crippen molar-refractivity contribution in [1.82, 2.24) is 9.97 Å². The lowest BCUT2D eigenvalue weighted by Crippen LogP contribution is -2.17. The van der Waals surface area contributed by atoms with Crippen LogP contribution in [0.2, 0.25) is 0 Å². The summed E-state index contributed by atoms with van der Waals surface area (Å²) in [6.45, 7) is 6.70. The molecule has 10 nitrogen and oxygen atoms in total. The van der Waals surface area contributed by atoms with Gasteiger partial charge in [0.1, 0.15) is 16.4 Å². The molecule has 0 radical (unpaired) electrons.